The van der Waals surface area contributed by atoms with E-state index in [-0.39, 0.29) is 24.3 Å². The van der Waals surface area contributed by atoms with E-state index < -0.39 is 6.04 Å². The summed E-state index contributed by atoms with van der Waals surface area (Å²) in [5, 5.41) is 3.12. The van der Waals surface area contributed by atoms with Crippen molar-refractivity contribution < 1.29 is 9.59 Å². The van der Waals surface area contributed by atoms with Crippen molar-refractivity contribution in [2.45, 2.75) is 65.6 Å². The van der Waals surface area contributed by atoms with E-state index in [4.69, 9.17) is 0 Å². The van der Waals surface area contributed by atoms with Gasteiger partial charge < -0.3 is 10.2 Å². The third kappa shape index (κ3) is 7.05. The van der Waals surface area contributed by atoms with Gasteiger partial charge in [-0.15, -0.1) is 0 Å². The molecular formula is C30H36N2O2. The fourth-order valence-corrected chi connectivity index (χ4v) is 3.95. The second kappa shape index (κ2) is 12.2. The standard InChI is InChI=1S/C30H36N2O2/c1-5-24(4)31-30(34)28(19-25-12-7-6-8-13-25)32(21-27-14-10-9-11-23(27)3)29(33)20-26-17-15-22(2)16-18-26/h6-18,24,28H,5,19-21H2,1-4H3,(H,31,34). The predicted molar refractivity (Wildman–Crippen MR) is 138 cm³/mol. The topological polar surface area (TPSA) is 49.4 Å². The minimum Gasteiger partial charge on any atom is -0.352 e. The van der Waals surface area contributed by atoms with Crippen LogP contribution in [0, 0.1) is 13.8 Å². The lowest BCUT2D eigenvalue weighted by molar-refractivity contribution is -0.141. The van der Waals surface area contributed by atoms with Crippen molar-refractivity contribution in [3.63, 3.8) is 0 Å². The summed E-state index contributed by atoms with van der Waals surface area (Å²) >= 11 is 0. The number of benzene rings is 3. The fourth-order valence-electron chi connectivity index (χ4n) is 3.95. The highest BCUT2D eigenvalue weighted by Crippen LogP contribution is 2.19. The maximum Gasteiger partial charge on any atom is 0.243 e. The Balaban J connectivity index is 1.97. The van der Waals surface area contributed by atoms with Crippen LogP contribution in [0.4, 0.5) is 0 Å². The molecule has 3 aromatic rings. The van der Waals surface area contributed by atoms with Crippen LogP contribution in [0.2, 0.25) is 0 Å². The van der Waals surface area contributed by atoms with E-state index in [0.717, 1.165) is 34.2 Å². The van der Waals surface area contributed by atoms with Gasteiger partial charge in [0.2, 0.25) is 11.8 Å². The number of carbonyl (C=O) groups excluding carboxylic acids is 2. The number of nitrogens with one attached hydrogen (secondary N) is 1. The van der Waals surface area contributed by atoms with E-state index in [1.807, 2.05) is 107 Å². The van der Waals surface area contributed by atoms with Gasteiger partial charge in [0, 0.05) is 19.0 Å². The molecule has 0 bridgehead atoms. The van der Waals surface area contributed by atoms with Crippen molar-refractivity contribution >= 4 is 11.8 Å². The average molecular weight is 457 g/mol. The molecule has 0 spiro atoms. The molecule has 178 valence electrons. The van der Waals surface area contributed by atoms with Gasteiger partial charge in [-0.05, 0) is 49.4 Å². The van der Waals surface area contributed by atoms with Crippen LogP contribution in [0.5, 0.6) is 0 Å². The second-order valence-corrected chi connectivity index (χ2v) is 9.13. The van der Waals surface area contributed by atoms with Gasteiger partial charge in [-0.25, -0.2) is 0 Å². The molecule has 0 aromatic heterocycles. The fraction of sp³-hybridized carbons (Fsp3) is 0.333. The Labute approximate surface area is 204 Å². The molecule has 0 aliphatic rings. The van der Waals surface area contributed by atoms with Crippen molar-refractivity contribution in [1.82, 2.24) is 10.2 Å². The zero-order valence-corrected chi connectivity index (χ0v) is 20.8. The van der Waals surface area contributed by atoms with Crippen LogP contribution in [-0.4, -0.2) is 28.8 Å². The summed E-state index contributed by atoms with van der Waals surface area (Å²) in [5.74, 6) is -0.156. The number of aryl methyl sites for hydroxylation is 2. The van der Waals surface area contributed by atoms with Crippen LogP contribution in [0.1, 0.15) is 48.1 Å². The molecular weight excluding hydrogens is 420 g/mol. The van der Waals surface area contributed by atoms with Gasteiger partial charge in [0.25, 0.3) is 0 Å². The van der Waals surface area contributed by atoms with E-state index in [9.17, 15) is 9.59 Å². The highest BCUT2D eigenvalue weighted by Gasteiger charge is 2.31. The first-order chi connectivity index (χ1) is 16.4. The molecule has 2 unspecified atom stereocenters. The molecule has 0 aliphatic heterocycles. The van der Waals surface area contributed by atoms with Crippen molar-refractivity contribution in [2.75, 3.05) is 0 Å². The number of rotatable bonds is 10. The minimum absolute atomic E-state index is 0.0401. The number of hydrogen-bond acceptors (Lipinski definition) is 2. The second-order valence-electron chi connectivity index (χ2n) is 9.13. The molecule has 0 aliphatic carbocycles. The number of carbonyl (C=O) groups is 2. The van der Waals surface area contributed by atoms with E-state index >= 15 is 0 Å². The number of hydrogen-bond donors (Lipinski definition) is 1. The first kappa shape index (κ1) is 25.2. The largest absolute Gasteiger partial charge is 0.352 e. The van der Waals surface area contributed by atoms with Gasteiger partial charge in [0.15, 0.2) is 0 Å². The zero-order chi connectivity index (χ0) is 24.5. The third-order valence-electron chi connectivity index (χ3n) is 6.35. The van der Waals surface area contributed by atoms with Gasteiger partial charge >= 0.3 is 0 Å². The summed E-state index contributed by atoms with van der Waals surface area (Å²) in [6, 6.07) is 25.4. The van der Waals surface area contributed by atoms with Gasteiger partial charge in [-0.3, -0.25) is 9.59 Å². The zero-order valence-electron chi connectivity index (χ0n) is 20.8. The lowest BCUT2D eigenvalue weighted by Crippen LogP contribution is -2.52. The number of nitrogens with zero attached hydrogens (tertiary/aromatic N) is 1. The highest BCUT2D eigenvalue weighted by molar-refractivity contribution is 5.89. The Hall–Kier alpha value is -3.40. The molecule has 0 saturated heterocycles. The third-order valence-corrected chi connectivity index (χ3v) is 6.35. The van der Waals surface area contributed by atoms with Crippen LogP contribution in [0.15, 0.2) is 78.9 Å². The summed E-state index contributed by atoms with van der Waals surface area (Å²) in [4.78, 5) is 29.1. The van der Waals surface area contributed by atoms with Gasteiger partial charge in [-0.2, -0.15) is 0 Å². The highest BCUT2D eigenvalue weighted by atomic mass is 16.2. The van der Waals surface area contributed by atoms with Crippen molar-refractivity contribution in [3.8, 4) is 0 Å². The normalized spacial score (nSPS) is 12.6. The van der Waals surface area contributed by atoms with E-state index in [0.29, 0.717) is 13.0 Å². The SMILES string of the molecule is CCC(C)NC(=O)C(Cc1ccccc1)N(Cc1ccccc1C)C(=O)Cc1ccc(C)cc1. The van der Waals surface area contributed by atoms with Crippen LogP contribution >= 0.6 is 0 Å². The minimum atomic E-state index is -0.603. The average Bonchev–Trinajstić information content (AvgIpc) is 2.84. The Morgan fingerprint density at radius 1 is 0.853 bits per heavy atom. The predicted octanol–water partition coefficient (Wildman–Crippen LogP) is 5.40. The first-order valence-electron chi connectivity index (χ1n) is 12.1. The Kier molecular flexibility index (Phi) is 9.03. The molecule has 0 radical (unpaired) electrons. The Morgan fingerprint density at radius 3 is 2.15 bits per heavy atom. The molecule has 3 aromatic carbocycles. The maximum absolute atomic E-state index is 13.8. The summed E-state index contributed by atoms with van der Waals surface area (Å²) in [6.07, 6.45) is 1.56. The van der Waals surface area contributed by atoms with Gasteiger partial charge in [-0.1, -0.05) is 91.3 Å². The monoisotopic (exact) mass is 456 g/mol. The molecule has 0 saturated carbocycles. The number of amides is 2. The molecule has 3 rings (SSSR count). The molecule has 0 fully saturated rings. The molecule has 2 atom stereocenters. The molecule has 1 N–H and O–H groups in total. The quantitative estimate of drug-likeness (QED) is 0.444. The summed E-state index contributed by atoms with van der Waals surface area (Å²) in [7, 11) is 0. The van der Waals surface area contributed by atoms with E-state index in [1.54, 1.807) is 4.90 Å². The molecule has 2 amide bonds. The Morgan fingerprint density at radius 2 is 1.50 bits per heavy atom. The molecule has 4 heteroatoms. The van der Waals surface area contributed by atoms with E-state index in [2.05, 4.69) is 5.32 Å². The lowest BCUT2D eigenvalue weighted by atomic mass is 10.00. The molecule has 34 heavy (non-hydrogen) atoms. The van der Waals surface area contributed by atoms with Gasteiger partial charge in [0.1, 0.15) is 6.04 Å². The Bertz CT molecular complexity index is 1080. The summed E-state index contributed by atoms with van der Waals surface area (Å²) < 4.78 is 0. The van der Waals surface area contributed by atoms with E-state index in [1.165, 1.54) is 0 Å². The summed E-state index contributed by atoms with van der Waals surface area (Å²) in [6.45, 7) is 8.51. The van der Waals surface area contributed by atoms with Crippen molar-refractivity contribution in [2.24, 2.45) is 0 Å². The summed E-state index contributed by atoms with van der Waals surface area (Å²) in [5.41, 5.74) is 5.30. The first-order valence-corrected chi connectivity index (χ1v) is 12.1. The smallest absolute Gasteiger partial charge is 0.243 e. The lowest BCUT2D eigenvalue weighted by Gasteiger charge is -2.33. The molecule has 0 heterocycles. The van der Waals surface area contributed by atoms with Crippen molar-refractivity contribution in [1.29, 1.82) is 0 Å². The van der Waals surface area contributed by atoms with Crippen LogP contribution in [0.25, 0.3) is 0 Å². The van der Waals surface area contributed by atoms with Crippen LogP contribution in [-0.2, 0) is 29.0 Å². The van der Waals surface area contributed by atoms with Gasteiger partial charge in [0.05, 0.1) is 6.42 Å². The molecule has 4 nitrogen and oxygen atoms in total. The van der Waals surface area contributed by atoms with Crippen LogP contribution < -0.4 is 5.32 Å². The maximum atomic E-state index is 13.8. The van der Waals surface area contributed by atoms with Crippen molar-refractivity contribution in [3.05, 3.63) is 107 Å². The van der Waals surface area contributed by atoms with Crippen LogP contribution in [0.3, 0.4) is 0 Å².